The lowest BCUT2D eigenvalue weighted by molar-refractivity contribution is -0.147. The molecule has 0 unspecified atom stereocenters. The highest BCUT2D eigenvalue weighted by atomic mass is 16.6. The predicted molar refractivity (Wildman–Crippen MR) is 173 cm³/mol. The van der Waals surface area contributed by atoms with E-state index in [-0.39, 0.29) is 45.9 Å². The molecule has 13 heteroatoms. The second kappa shape index (κ2) is 26.6. The summed E-state index contributed by atoms with van der Waals surface area (Å²) in [6, 6.07) is 16.7. The molecule has 2 aromatic rings. The zero-order valence-electron chi connectivity index (χ0n) is 27.3. The first-order chi connectivity index (χ1) is 23.0. The fourth-order valence-electron chi connectivity index (χ4n) is 4.18. The lowest BCUT2D eigenvalue weighted by Crippen LogP contribution is -2.54. The van der Waals surface area contributed by atoms with Crippen LogP contribution in [0.5, 0.6) is 0 Å². The molecule has 0 bridgehead atoms. The molecule has 3 N–H and O–H groups in total. The highest BCUT2D eigenvalue weighted by molar-refractivity contribution is 5.91. The monoisotopic (exact) mass is 662 g/mol. The summed E-state index contributed by atoms with van der Waals surface area (Å²) in [5.74, 6) is -1.52. The van der Waals surface area contributed by atoms with Gasteiger partial charge in [-0.25, -0.2) is 4.79 Å². The van der Waals surface area contributed by atoms with Gasteiger partial charge in [0.15, 0.2) is 0 Å². The smallest absolute Gasteiger partial charge is 0.328 e. The van der Waals surface area contributed by atoms with Crippen molar-refractivity contribution in [2.75, 3.05) is 92.5 Å². The molecule has 0 aliphatic heterocycles. The second-order valence-electron chi connectivity index (χ2n) is 10.2. The van der Waals surface area contributed by atoms with Crippen LogP contribution >= 0.6 is 0 Å². The third kappa shape index (κ3) is 19.7. The Morgan fingerprint density at radius 1 is 0.596 bits per heavy atom. The predicted octanol–water partition coefficient (Wildman–Crippen LogP) is 1.10. The minimum atomic E-state index is -0.942. The number of carbonyl (C=O) groups excluding carboxylic acids is 3. The summed E-state index contributed by atoms with van der Waals surface area (Å²) in [6.07, 6.45) is 0.474. The molecule has 2 aromatic carbocycles. The van der Waals surface area contributed by atoms with E-state index in [2.05, 4.69) is 10.6 Å². The van der Waals surface area contributed by atoms with Crippen LogP contribution in [0.25, 0.3) is 0 Å². The van der Waals surface area contributed by atoms with E-state index >= 15 is 0 Å². The number of rotatable bonds is 28. The summed E-state index contributed by atoms with van der Waals surface area (Å²) in [5.41, 5.74) is 1.71. The van der Waals surface area contributed by atoms with Gasteiger partial charge in [0.05, 0.1) is 85.9 Å². The number of aliphatic hydroxyl groups excluding tert-OH is 1. The minimum Gasteiger partial charge on any atom is -0.464 e. The van der Waals surface area contributed by atoms with Gasteiger partial charge in [-0.05, 0) is 18.1 Å². The number of nitrogens with one attached hydrogen (secondary N) is 2. The summed E-state index contributed by atoms with van der Waals surface area (Å²) in [4.78, 5) is 38.8. The quantitative estimate of drug-likeness (QED) is 0.0885. The van der Waals surface area contributed by atoms with Crippen molar-refractivity contribution in [3.63, 3.8) is 0 Å². The van der Waals surface area contributed by atoms with Crippen molar-refractivity contribution in [3.05, 3.63) is 71.8 Å². The molecular weight excluding hydrogens is 612 g/mol. The summed E-state index contributed by atoms with van der Waals surface area (Å²) in [6.45, 7) is 5.75. The Bertz CT molecular complexity index is 1090. The van der Waals surface area contributed by atoms with E-state index < -0.39 is 29.9 Å². The summed E-state index contributed by atoms with van der Waals surface area (Å²) >= 11 is 0. The molecular formula is C34H50N2O11. The van der Waals surface area contributed by atoms with E-state index in [1.54, 1.807) is 6.92 Å². The largest absolute Gasteiger partial charge is 0.464 e. The van der Waals surface area contributed by atoms with Crippen LogP contribution in [0.1, 0.15) is 18.1 Å². The standard InChI is InChI=1S/C34H50N2O11/c1-2-47-34(40)31(26-29-11-7-4-8-12-29)36-33(39)30(25-28-9-5-3-6-10-28)35-32(38)27-46-24-23-45-22-21-44-20-19-43-18-17-42-16-15-41-14-13-37/h3-12,30-31,37H,2,13-27H2,1H3,(H,35,38)(H,36,39)/t30-,31-/m0/s1. The number of amides is 2. The van der Waals surface area contributed by atoms with Gasteiger partial charge in [-0.2, -0.15) is 0 Å². The van der Waals surface area contributed by atoms with Crippen molar-refractivity contribution >= 4 is 17.8 Å². The van der Waals surface area contributed by atoms with Crippen molar-refractivity contribution in [1.82, 2.24) is 10.6 Å². The molecule has 2 atom stereocenters. The molecule has 0 fully saturated rings. The number of benzene rings is 2. The molecule has 0 radical (unpaired) electrons. The first-order valence-corrected chi connectivity index (χ1v) is 15.9. The molecule has 0 heterocycles. The van der Waals surface area contributed by atoms with Gasteiger partial charge in [0.25, 0.3) is 0 Å². The van der Waals surface area contributed by atoms with Crippen molar-refractivity contribution in [3.8, 4) is 0 Å². The molecule has 0 aliphatic carbocycles. The van der Waals surface area contributed by atoms with Gasteiger partial charge in [0.2, 0.25) is 11.8 Å². The Hall–Kier alpha value is -3.43. The molecule has 0 aromatic heterocycles. The molecule has 262 valence electrons. The van der Waals surface area contributed by atoms with Gasteiger partial charge in [0.1, 0.15) is 18.7 Å². The SMILES string of the molecule is CCOC(=O)[C@H](Cc1ccccc1)NC(=O)[C@H](Cc1ccccc1)NC(=O)COCCOCCOCCOCCOCCOCCO. The third-order valence-corrected chi connectivity index (χ3v) is 6.43. The number of esters is 1. The van der Waals surface area contributed by atoms with E-state index in [0.717, 1.165) is 11.1 Å². The number of ether oxygens (including phenoxy) is 7. The van der Waals surface area contributed by atoms with Crippen LogP contribution < -0.4 is 10.6 Å². The Labute approximate surface area is 277 Å². The summed E-state index contributed by atoms with van der Waals surface area (Å²) < 4.78 is 37.4. The number of aliphatic hydroxyl groups is 1. The van der Waals surface area contributed by atoms with Gasteiger partial charge in [-0.3, -0.25) is 9.59 Å². The van der Waals surface area contributed by atoms with Gasteiger partial charge in [0, 0.05) is 12.8 Å². The van der Waals surface area contributed by atoms with E-state index in [9.17, 15) is 14.4 Å². The third-order valence-electron chi connectivity index (χ3n) is 6.43. The molecule has 0 saturated carbocycles. The minimum absolute atomic E-state index is 0.000997. The van der Waals surface area contributed by atoms with Crippen LogP contribution in [0.15, 0.2) is 60.7 Å². The lowest BCUT2D eigenvalue weighted by atomic mass is 10.0. The van der Waals surface area contributed by atoms with Gasteiger partial charge in [-0.1, -0.05) is 60.7 Å². The lowest BCUT2D eigenvalue weighted by Gasteiger charge is -2.23. The zero-order chi connectivity index (χ0) is 33.8. The van der Waals surface area contributed by atoms with Crippen LogP contribution in [-0.2, 0) is 60.4 Å². The maximum Gasteiger partial charge on any atom is 0.328 e. The van der Waals surface area contributed by atoms with Crippen LogP contribution in [0, 0.1) is 0 Å². The van der Waals surface area contributed by atoms with Crippen molar-refractivity contribution in [2.45, 2.75) is 31.8 Å². The number of hydrogen-bond donors (Lipinski definition) is 3. The zero-order valence-corrected chi connectivity index (χ0v) is 27.3. The Kier molecular flexibility index (Phi) is 22.5. The Morgan fingerprint density at radius 2 is 1.02 bits per heavy atom. The van der Waals surface area contributed by atoms with E-state index in [0.29, 0.717) is 59.5 Å². The highest BCUT2D eigenvalue weighted by Gasteiger charge is 2.28. The second-order valence-corrected chi connectivity index (χ2v) is 10.2. The molecule has 2 rings (SSSR count). The number of carbonyl (C=O) groups is 3. The Balaban J connectivity index is 1.66. The van der Waals surface area contributed by atoms with E-state index in [1.165, 1.54) is 0 Å². The van der Waals surface area contributed by atoms with Gasteiger partial charge < -0.3 is 48.9 Å². The first-order valence-electron chi connectivity index (χ1n) is 15.9. The fraction of sp³-hybridized carbons (Fsp3) is 0.559. The van der Waals surface area contributed by atoms with Crippen molar-refractivity contribution < 1.29 is 52.6 Å². The van der Waals surface area contributed by atoms with Crippen molar-refractivity contribution in [1.29, 1.82) is 0 Å². The van der Waals surface area contributed by atoms with E-state index in [4.69, 9.17) is 38.3 Å². The van der Waals surface area contributed by atoms with Gasteiger partial charge in [-0.15, -0.1) is 0 Å². The van der Waals surface area contributed by atoms with Gasteiger partial charge >= 0.3 is 5.97 Å². The van der Waals surface area contributed by atoms with Crippen LogP contribution in [0.4, 0.5) is 0 Å². The molecule has 0 spiro atoms. The van der Waals surface area contributed by atoms with Crippen LogP contribution in [-0.4, -0.2) is 127 Å². The van der Waals surface area contributed by atoms with Crippen molar-refractivity contribution in [2.24, 2.45) is 0 Å². The average Bonchev–Trinajstić information content (AvgIpc) is 3.08. The Morgan fingerprint density at radius 3 is 1.47 bits per heavy atom. The van der Waals surface area contributed by atoms with E-state index in [1.807, 2.05) is 60.7 Å². The molecule has 0 aliphatic rings. The van der Waals surface area contributed by atoms with Crippen LogP contribution in [0.3, 0.4) is 0 Å². The molecule has 0 saturated heterocycles. The average molecular weight is 663 g/mol. The molecule has 2 amide bonds. The summed E-state index contributed by atoms with van der Waals surface area (Å²) in [5, 5.41) is 14.1. The maximum absolute atomic E-state index is 13.4. The number of hydrogen-bond acceptors (Lipinski definition) is 11. The fourth-order valence-corrected chi connectivity index (χ4v) is 4.18. The highest BCUT2D eigenvalue weighted by Crippen LogP contribution is 2.08. The maximum atomic E-state index is 13.4. The summed E-state index contributed by atoms with van der Waals surface area (Å²) in [7, 11) is 0. The molecule has 47 heavy (non-hydrogen) atoms. The normalized spacial score (nSPS) is 12.3. The topological polar surface area (TPSA) is 160 Å². The first kappa shape index (κ1) is 39.7. The van der Waals surface area contributed by atoms with Crippen LogP contribution in [0.2, 0.25) is 0 Å². The molecule has 13 nitrogen and oxygen atoms in total.